The van der Waals surface area contributed by atoms with Crippen LogP contribution in [0.3, 0.4) is 0 Å². The Hall–Kier alpha value is -3.81. The number of carbonyl (C=O) groups is 4. The van der Waals surface area contributed by atoms with Gasteiger partial charge in [0, 0.05) is 12.4 Å². The molecule has 2 N–H and O–H groups in total. The van der Waals surface area contributed by atoms with E-state index in [1.165, 1.54) is 11.3 Å². The van der Waals surface area contributed by atoms with Gasteiger partial charge in [-0.05, 0) is 68.7 Å². The zero-order chi connectivity index (χ0) is 33.8. The van der Waals surface area contributed by atoms with Crippen LogP contribution in [0.1, 0.15) is 81.4 Å². The lowest BCUT2D eigenvalue weighted by Crippen LogP contribution is -2.57. The predicted molar refractivity (Wildman–Crippen MR) is 183 cm³/mol. The van der Waals surface area contributed by atoms with Crippen molar-refractivity contribution in [2.45, 2.75) is 90.9 Å². The van der Waals surface area contributed by atoms with Crippen LogP contribution in [0.4, 0.5) is 0 Å². The highest BCUT2D eigenvalue weighted by atomic mass is 32.1. The van der Waals surface area contributed by atoms with Gasteiger partial charge in [-0.1, -0.05) is 82.9 Å². The number of hydrogen-bond acceptors (Lipinski definition) is 7. The molecule has 1 saturated heterocycles. The summed E-state index contributed by atoms with van der Waals surface area (Å²) in [7, 11) is 3.70. The Morgan fingerprint density at radius 3 is 2.50 bits per heavy atom. The number of likely N-dealkylation sites (tertiary alicyclic amines) is 1. The molecule has 1 aliphatic rings. The summed E-state index contributed by atoms with van der Waals surface area (Å²) >= 11 is 1.26. The molecule has 0 unspecified atom stereocenters. The highest BCUT2D eigenvalue weighted by molar-refractivity contribution is 7.10. The third kappa shape index (κ3) is 10.4. The predicted octanol–water partition coefficient (Wildman–Crippen LogP) is 4.48. The van der Waals surface area contributed by atoms with Crippen LogP contribution in [0.5, 0.6) is 0 Å². The molecular formula is C36H49N5O4S. The Balaban J connectivity index is 1.74. The maximum absolute atomic E-state index is 13.9. The minimum atomic E-state index is -0.656. The number of aromatic nitrogens is 1. The smallest absolute Gasteiger partial charge is 0.271 e. The SMILES string of the molecule is CC[C@H](C)[C@H](NC(=O)[C@H]1CCCCN1C)C(=O)N(C)[C@H](C#Cc1nc(C(=O)N[C@H](/C=C(\C)C=O)Cc2ccccc2)cs1)C(C)C. The second-order valence-electron chi connectivity index (χ2n) is 12.6. The molecule has 0 saturated carbocycles. The molecule has 0 bridgehead atoms. The maximum atomic E-state index is 13.9. The summed E-state index contributed by atoms with van der Waals surface area (Å²) < 4.78 is 0. The molecule has 3 amide bonds. The Kier molecular flexibility index (Phi) is 14.2. The van der Waals surface area contributed by atoms with Crippen LogP contribution in [0.25, 0.3) is 0 Å². The number of thiazole rings is 1. The first-order valence-electron chi connectivity index (χ1n) is 16.2. The van der Waals surface area contributed by atoms with Crippen LogP contribution in [-0.4, -0.2) is 83.6 Å². The molecular weight excluding hydrogens is 598 g/mol. The average molecular weight is 648 g/mol. The molecule has 9 nitrogen and oxygen atoms in total. The number of rotatable bonds is 13. The van der Waals surface area contributed by atoms with E-state index in [2.05, 4.69) is 32.4 Å². The fourth-order valence-corrected chi connectivity index (χ4v) is 6.25. The zero-order valence-corrected chi connectivity index (χ0v) is 29.0. The number of piperidine rings is 1. The van der Waals surface area contributed by atoms with E-state index in [4.69, 9.17) is 0 Å². The average Bonchev–Trinajstić information content (AvgIpc) is 3.52. The first kappa shape index (κ1) is 36.7. The van der Waals surface area contributed by atoms with Gasteiger partial charge in [-0.15, -0.1) is 11.3 Å². The molecule has 2 aromatic rings. The van der Waals surface area contributed by atoms with Crippen molar-refractivity contribution < 1.29 is 19.2 Å². The van der Waals surface area contributed by atoms with Gasteiger partial charge < -0.3 is 15.5 Å². The van der Waals surface area contributed by atoms with Gasteiger partial charge in [-0.3, -0.25) is 24.1 Å². The summed E-state index contributed by atoms with van der Waals surface area (Å²) in [4.78, 5) is 59.7. The molecule has 10 heteroatoms. The van der Waals surface area contributed by atoms with Crippen molar-refractivity contribution in [1.29, 1.82) is 0 Å². The van der Waals surface area contributed by atoms with Gasteiger partial charge in [0.05, 0.1) is 18.1 Å². The van der Waals surface area contributed by atoms with Crippen LogP contribution in [0.15, 0.2) is 47.4 Å². The van der Waals surface area contributed by atoms with Crippen LogP contribution in [0.2, 0.25) is 0 Å². The van der Waals surface area contributed by atoms with Crippen LogP contribution in [-0.2, 0) is 20.8 Å². The van der Waals surface area contributed by atoms with Gasteiger partial charge in [0.1, 0.15) is 18.0 Å². The molecule has 1 aromatic heterocycles. The topological polar surface area (TPSA) is 112 Å². The second kappa shape index (κ2) is 17.8. The quantitative estimate of drug-likeness (QED) is 0.189. The van der Waals surface area contributed by atoms with E-state index in [-0.39, 0.29) is 41.3 Å². The summed E-state index contributed by atoms with van der Waals surface area (Å²) in [5.41, 5.74) is 1.80. The van der Waals surface area contributed by atoms with Crippen molar-refractivity contribution in [2.75, 3.05) is 20.6 Å². The molecule has 0 spiro atoms. The number of aldehydes is 1. The summed E-state index contributed by atoms with van der Waals surface area (Å²) in [6, 6.07) is 8.04. The second-order valence-corrected chi connectivity index (χ2v) is 13.5. The highest BCUT2D eigenvalue weighted by Crippen LogP contribution is 2.19. The third-order valence-corrected chi connectivity index (χ3v) is 9.33. The number of hydrogen-bond donors (Lipinski definition) is 2. The monoisotopic (exact) mass is 647 g/mol. The molecule has 5 atom stereocenters. The van der Waals surface area contributed by atoms with Crippen molar-refractivity contribution in [1.82, 2.24) is 25.4 Å². The summed E-state index contributed by atoms with van der Waals surface area (Å²) in [5, 5.41) is 8.18. The first-order valence-corrected chi connectivity index (χ1v) is 17.1. The van der Waals surface area contributed by atoms with Crippen LogP contribution < -0.4 is 10.6 Å². The van der Waals surface area contributed by atoms with Gasteiger partial charge >= 0.3 is 0 Å². The fraction of sp³-hybridized carbons (Fsp3) is 0.528. The van der Waals surface area contributed by atoms with E-state index in [9.17, 15) is 19.2 Å². The maximum Gasteiger partial charge on any atom is 0.271 e. The third-order valence-electron chi connectivity index (χ3n) is 8.57. The van der Waals surface area contributed by atoms with E-state index < -0.39 is 18.1 Å². The van der Waals surface area contributed by atoms with Gasteiger partial charge in [-0.2, -0.15) is 0 Å². The molecule has 1 aliphatic heterocycles. The van der Waals surface area contributed by atoms with E-state index in [1.807, 2.05) is 65.1 Å². The minimum absolute atomic E-state index is 0.00790. The fourth-order valence-electron chi connectivity index (χ4n) is 5.60. The number of carbonyl (C=O) groups excluding carboxylic acids is 4. The number of nitrogens with zero attached hydrogens (tertiary/aromatic N) is 3. The number of amides is 3. The van der Waals surface area contributed by atoms with Crippen molar-refractivity contribution in [2.24, 2.45) is 11.8 Å². The molecule has 1 aromatic carbocycles. The lowest BCUT2D eigenvalue weighted by atomic mass is 9.94. The van der Waals surface area contributed by atoms with Crippen molar-refractivity contribution in [3.05, 3.63) is 63.6 Å². The Labute approximate surface area is 278 Å². The molecule has 0 radical (unpaired) electrons. The van der Waals surface area contributed by atoms with E-state index in [0.29, 0.717) is 17.0 Å². The normalized spacial score (nSPS) is 18.0. The number of benzene rings is 1. The molecule has 1 fully saturated rings. The largest absolute Gasteiger partial charge is 0.344 e. The van der Waals surface area contributed by atoms with Crippen LogP contribution >= 0.6 is 11.3 Å². The molecule has 46 heavy (non-hydrogen) atoms. The van der Waals surface area contributed by atoms with Gasteiger partial charge in [-0.25, -0.2) is 4.98 Å². The van der Waals surface area contributed by atoms with E-state index >= 15 is 0 Å². The van der Waals surface area contributed by atoms with E-state index in [0.717, 1.165) is 44.1 Å². The lowest BCUT2D eigenvalue weighted by Gasteiger charge is -2.36. The zero-order valence-electron chi connectivity index (χ0n) is 28.2. The molecule has 0 aliphatic carbocycles. The molecule has 248 valence electrons. The van der Waals surface area contributed by atoms with Crippen molar-refractivity contribution >= 4 is 35.3 Å². The Morgan fingerprint density at radius 2 is 1.87 bits per heavy atom. The summed E-state index contributed by atoms with van der Waals surface area (Å²) in [5.74, 6) is 5.63. The number of likely N-dealkylation sites (N-methyl/N-ethyl adjacent to an activating group) is 2. The minimum Gasteiger partial charge on any atom is -0.344 e. The molecule has 3 rings (SSSR count). The van der Waals surface area contributed by atoms with Crippen LogP contribution in [0, 0.1) is 23.7 Å². The summed E-state index contributed by atoms with van der Waals surface area (Å²) in [6.07, 6.45) is 6.64. The molecule has 2 heterocycles. The number of nitrogens with one attached hydrogen (secondary N) is 2. The number of allylic oxidation sites excluding steroid dienone is 1. The standard InChI is InChI=1S/C36H49N5O4S/c1-8-26(5)33(39-35(44)31-16-12-13-19-40(31)6)36(45)41(7)30(24(2)3)17-18-32-38-29(23-46-32)34(43)37-28(20-25(4)22-42)21-27-14-10-9-11-15-27/h9-11,14-15,20,22-24,26,28,30-31,33H,8,12-13,16,19,21H2,1-7H3,(H,37,43)(H,39,44)/b25-20+/t26-,28+,30+,31+,33-/m0/s1. The highest BCUT2D eigenvalue weighted by Gasteiger charge is 2.35. The van der Waals surface area contributed by atoms with Gasteiger partial charge in [0.15, 0.2) is 5.01 Å². The van der Waals surface area contributed by atoms with E-state index in [1.54, 1.807) is 30.3 Å². The van der Waals surface area contributed by atoms with Crippen molar-refractivity contribution in [3.63, 3.8) is 0 Å². The Bertz CT molecular complexity index is 1430. The van der Waals surface area contributed by atoms with Gasteiger partial charge in [0.25, 0.3) is 5.91 Å². The summed E-state index contributed by atoms with van der Waals surface area (Å²) in [6.45, 7) is 10.6. The Morgan fingerprint density at radius 1 is 1.15 bits per heavy atom. The van der Waals surface area contributed by atoms with Crippen molar-refractivity contribution in [3.8, 4) is 11.8 Å². The first-order chi connectivity index (χ1) is 21.9. The van der Waals surface area contributed by atoms with Gasteiger partial charge in [0.2, 0.25) is 11.8 Å². The lowest BCUT2D eigenvalue weighted by molar-refractivity contribution is -0.139.